The second-order valence-corrected chi connectivity index (χ2v) is 7.76. The molecular formula is C23H26N4O3. The monoisotopic (exact) mass is 406 g/mol. The topological polar surface area (TPSA) is 71.6 Å². The van der Waals surface area contributed by atoms with Gasteiger partial charge >= 0.3 is 0 Å². The Hall–Kier alpha value is -3.19. The Morgan fingerprint density at radius 3 is 2.70 bits per heavy atom. The molecule has 7 nitrogen and oxygen atoms in total. The number of benzene rings is 1. The molecule has 0 N–H and O–H groups in total. The normalized spacial score (nSPS) is 14.9. The number of piperazine rings is 1. The zero-order chi connectivity index (χ0) is 21.3. The van der Waals surface area contributed by atoms with Crippen molar-refractivity contribution in [3.8, 4) is 0 Å². The summed E-state index contributed by atoms with van der Waals surface area (Å²) >= 11 is 0. The van der Waals surface area contributed by atoms with Crippen molar-refractivity contribution in [2.45, 2.75) is 26.9 Å². The van der Waals surface area contributed by atoms with E-state index in [2.05, 4.69) is 47.7 Å². The maximum Gasteiger partial charge on any atom is 0.265 e. The minimum Gasteiger partial charge on any atom is -0.442 e. The highest BCUT2D eigenvalue weighted by molar-refractivity contribution is 6.06. The van der Waals surface area contributed by atoms with Gasteiger partial charge in [-0.15, -0.1) is 6.58 Å². The van der Waals surface area contributed by atoms with E-state index in [1.807, 2.05) is 0 Å². The van der Waals surface area contributed by atoms with Crippen LogP contribution in [0.5, 0.6) is 0 Å². The number of aromatic nitrogens is 2. The van der Waals surface area contributed by atoms with Gasteiger partial charge in [-0.25, -0.2) is 4.98 Å². The molecule has 1 aromatic carbocycles. The largest absolute Gasteiger partial charge is 0.442 e. The third-order valence-electron chi connectivity index (χ3n) is 5.54. The Labute approximate surface area is 175 Å². The van der Waals surface area contributed by atoms with Gasteiger partial charge in [-0.3, -0.25) is 19.1 Å². The van der Waals surface area contributed by atoms with Crippen molar-refractivity contribution in [2.24, 2.45) is 0 Å². The first-order valence-electron chi connectivity index (χ1n) is 10.1. The fourth-order valence-corrected chi connectivity index (χ4v) is 4.00. The van der Waals surface area contributed by atoms with Crippen molar-refractivity contribution in [1.29, 1.82) is 0 Å². The third kappa shape index (κ3) is 3.80. The number of rotatable bonds is 5. The van der Waals surface area contributed by atoms with E-state index in [9.17, 15) is 9.59 Å². The van der Waals surface area contributed by atoms with Crippen LogP contribution < -0.4 is 5.56 Å². The van der Waals surface area contributed by atoms with Gasteiger partial charge in [0, 0.05) is 39.3 Å². The second kappa shape index (κ2) is 8.28. The van der Waals surface area contributed by atoms with Crippen molar-refractivity contribution < 1.29 is 9.21 Å². The molecule has 7 heteroatoms. The van der Waals surface area contributed by atoms with Gasteiger partial charge in [0.25, 0.3) is 11.5 Å². The van der Waals surface area contributed by atoms with Crippen LogP contribution in [0, 0.1) is 13.8 Å². The minimum absolute atomic E-state index is 0.170. The highest BCUT2D eigenvalue weighted by atomic mass is 16.3. The van der Waals surface area contributed by atoms with Crippen LogP contribution >= 0.6 is 0 Å². The van der Waals surface area contributed by atoms with Crippen LogP contribution in [0.2, 0.25) is 0 Å². The molecule has 1 aliphatic heterocycles. The number of allylic oxidation sites excluding steroid dienone is 1. The fourth-order valence-electron chi connectivity index (χ4n) is 4.00. The highest BCUT2D eigenvalue weighted by Gasteiger charge is 2.29. The van der Waals surface area contributed by atoms with Gasteiger partial charge in [-0.1, -0.05) is 35.9 Å². The first-order valence-corrected chi connectivity index (χ1v) is 10.1. The molecule has 3 aromatic rings. The van der Waals surface area contributed by atoms with E-state index in [4.69, 9.17) is 4.42 Å². The number of hydrogen-bond acceptors (Lipinski definition) is 5. The Kier molecular flexibility index (Phi) is 5.55. The zero-order valence-electron chi connectivity index (χ0n) is 17.4. The molecule has 0 saturated carbocycles. The predicted molar refractivity (Wildman–Crippen MR) is 116 cm³/mol. The van der Waals surface area contributed by atoms with Gasteiger partial charge in [0.2, 0.25) is 5.71 Å². The van der Waals surface area contributed by atoms with Crippen molar-refractivity contribution in [1.82, 2.24) is 19.4 Å². The number of amides is 1. The van der Waals surface area contributed by atoms with Crippen LogP contribution in [0.4, 0.5) is 0 Å². The third-order valence-corrected chi connectivity index (χ3v) is 5.54. The Bertz CT molecular complexity index is 1150. The summed E-state index contributed by atoms with van der Waals surface area (Å²) in [6, 6.07) is 8.49. The van der Waals surface area contributed by atoms with E-state index in [0.29, 0.717) is 31.0 Å². The summed E-state index contributed by atoms with van der Waals surface area (Å²) in [5.74, 6) is 0.259. The molecular weight excluding hydrogens is 380 g/mol. The van der Waals surface area contributed by atoms with Crippen LogP contribution in [0.3, 0.4) is 0 Å². The molecule has 0 unspecified atom stereocenters. The molecule has 3 heterocycles. The molecule has 1 saturated heterocycles. The van der Waals surface area contributed by atoms with Crippen LogP contribution in [-0.2, 0) is 13.1 Å². The molecule has 1 aliphatic rings. The van der Waals surface area contributed by atoms with E-state index in [-0.39, 0.29) is 22.6 Å². The van der Waals surface area contributed by atoms with E-state index in [1.165, 1.54) is 22.0 Å². The zero-order valence-corrected chi connectivity index (χ0v) is 17.4. The molecule has 4 rings (SSSR count). The maximum atomic E-state index is 13.3. The summed E-state index contributed by atoms with van der Waals surface area (Å²) in [5, 5.41) is 0.254. The summed E-state index contributed by atoms with van der Waals surface area (Å²) in [6.45, 7) is 11.5. The first kappa shape index (κ1) is 20.1. The van der Waals surface area contributed by atoms with Gasteiger partial charge in [-0.2, -0.15) is 0 Å². The number of carbonyl (C=O) groups is 1. The van der Waals surface area contributed by atoms with Gasteiger partial charge in [0.1, 0.15) is 17.5 Å². The van der Waals surface area contributed by atoms with Gasteiger partial charge in [0.05, 0.1) is 5.56 Å². The SMILES string of the molecule is C=CCn1cnc2oc(C)c(C(=O)N3CCN(Cc4cccc(C)c4)CC3)c2c1=O. The molecule has 1 fully saturated rings. The Balaban J connectivity index is 1.52. The van der Waals surface area contributed by atoms with Crippen molar-refractivity contribution in [3.05, 3.63) is 76.1 Å². The molecule has 2 aromatic heterocycles. The average Bonchev–Trinajstić information content (AvgIpc) is 3.07. The first-order chi connectivity index (χ1) is 14.5. The summed E-state index contributed by atoms with van der Waals surface area (Å²) in [6.07, 6.45) is 3.05. The lowest BCUT2D eigenvalue weighted by molar-refractivity contribution is 0.0628. The number of fused-ring (bicyclic) bond motifs is 1. The van der Waals surface area contributed by atoms with E-state index >= 15 is 0 Å². The van der Waals surface area contributed by atoms with Gasteiger partial charge < -0.3 is 9.32 Å². The Morgan fingerprint density at radius 2 is 2.00 bits per heavy atom. The summed E-state index contributed by atoms with van der Waals surface area (Å²) in [5.41, 5.74) is 2.78. The minimum atomic E-state index is -0.279. The maximum absolute atomic E-state index is 13.3. The lowest BCUT2D eigenvalue weighted by Crippen LogP contribution is -2.48. The molecule has 0 spiro atoms. The van der Waals surface area contributed by atoms with E-state index < -0.39 is 0 Å². The summed E-state index contributed by atoms with van der Waals surface area (Å²) in [4.78, 5) is 34.5. The van der Waals surface area contributed by atoms with Crippen molar-refractivity contribution in [2.75, 3.05) is 26.2 Å². The standard InChI is InChI=1S/C23H26N4O3/c1-4-8-27-15-24-21-20(23(27)29)19(17(3)30-21)22(28)26-11-9-25(10-12-26)14-18-7-5-6-16(2)13-18/h4-7,13,15H,1,8-12,14H2,2-3H3. The van der Waals surface area contributed by atoms with Gasteiger partial charge in [0.15, 0.2) is 0 Å². The predicted octanol–water partition coefficient (Wildman–Crippen LogP) is 2.75. The fraction of sp³-hybridized carbons (Fsp3) is 0.348. The van der Waals surface area contributed by atoms with Crippen LogP contribution in [-0.4, -0.2) is 51.4 Å². The number of carbonyl (C=O) groups excluding carboxylic acids is 1. The van der Waals surface area contributed by atoms with Gasteiger partial charge in [-0.05, 0) is 19.4 Å². The highest BCUT2D eigenvalue weighted by Crippen LogP contribution is 2.23. The van der Waals surface area contributed by atoms with E-state index in [0.717, 1.165) is 19.6 Å². The number of aryl methyl sites for hydroxylation is 2. The van der Waals surface area contributed by atoms with E-state index in [1.54, 1.807) is 17.9 Å². The lowest BCUT2D eigenvalue weighted by atomic mass is 10.1. The lowest BCUT2D eigenvalue weighted by Gasteiger charge is -2.34. The Morgan fingerprint density at radius 1 is 1.23 bits per heavy atom. The van der Waals surface area contributed by atoms with Crippen LogP contribution in [0.1, 0.15) is 27.2 Å². The molecule has 156 valence electrons. The molecule has 0 radical (unpaired) electrons. The van der Waals surface area contributed by atoms with Crippen LogP contribution in [0.25, 0.3) is 11.1 Å². The quantitative estimate of drug-likeness (QED) is 0.610. The number of furan rings is 1. The summed E-state index contributed by atoms with van der Waals surface area (Å²) < 4.78 is 7.06. The molecule has 30 heavy (non-hydrogen) atoms. The van der Waals surface area contributed by atoms with Crippen molar-refractivity contribution in [3.63, 3.8) is 0 Å². The molecule has 1 amide bonds. The smallest absolute Gasteiger partial charge is 0.265 e. The molecule has 0 bridgehead atoms. The van der Waals surface area contributed by atoms with Crippen molar-refractivity contribution >= 4 is 17.0 Å². The molecule has 0 aliphatic carbocycles. The average molecular weight is 406 g/mol. The molecule has 0 atom stereocenters. The number of nitrogens with zero attached hydrogens (tertiary/aromatic N) is 4. The summed E-state index contributed by atoms with van der Waals surface area (Å²) in [7, 11) is 0. The van der Waals surface area contributed by atoms with Crippen LogP contribution in [0.15, 0.2) is 52.5 Å². The number of hydrogen-bond donors (Lipinski definition) is 0. The second-order valence-electron chi connectivity index (χ2n) is 7.76.